The van der Waals surface area contributed by atoms with Gasteiger partial charge >= 0.3 is 0 Å². The monoisotopic (exact) mass is 484 g/mol. The molecular weight excluding hydrogens is 460 g/mol. The number of sulfonamides is 1. The molecule has 11 heteroatoms. The Labute approximate surface area is 197 Å². The lowest BCUT2D eigenvalue weighted by Crippen LogP contribution is -2.51. The molecule has 3 aromatic rings. The highest BCUT2D eigenvalue weighted by Crippen LogP contribution is 2.21. The van der Waals surface area contributed by atoms with Crippen molar-refractivity contribution in [3.8, 4) is 17.1 Å². The van der Waals surface area contributed by atoms with E-state index in [4.69, 9.17) is 9.26 Å². The summed E-state index contributed by atoms with van der Waals surface area (Å²) < 4.78 is 37.7. The van der Waals surface area contributed by atoms with Gasteiger partial charge in [-0.15, -0.1) is 0 Å². The van der Waals surface area contributed by atoms with E-state index in [1.165, 1.54) is 35.5 Å². The second-order valence-electron chi connectivity index (χ2n) is 7.82. The summed E-state index contributed by atoms with van der Waals surface area (Å²) in [5, 5.41) is 3.86. The summed E-state index contributed by atoms with van der Waals surface area (Å²) >= 11 is 0. The summed E-state index contributed by atoms with van der Waals surface area (Å²) in [6.07, 6.45) is 0. The first-order chi connectivity index (χ1) is 16.2. The Morgan fingerprint density at radius 1 is 1.00 bits per heavy atom. The number of aromatic nitrogens is 2. The van der Waals surface area contributed by atoms with Crippen LogP contribution in [0.4, 0.5) is 0 Å². The number of piperazine rings is 1. The fraction of sp³-hybridized carbons (Fsp3) is 0.304. The molecule has 4 rings (SSSR count). The third-order valence-electron chi connectivity index (χ3n) is 5.49. The van der Waals surface area contributed by atoms with E-state index in [-0.39, 0.29) is 49.4 Å². The van der Waals surface area contributed by atoms with Crippen LogP contribution in [-0.4, -0.2) is 72.2 Å². The molecule has 0 N–H and O–H groups in total. The first-order valence-electron chi connectivity index (χ1n) is 10.7. The molecule has 34 heavy (non-hydrogen) atoms. The molecular formula is C23H24N4O6S. The zero-order chi connectivity index (χ0) is 24.3. The highest BCUT2D eigenvalue weighted by atomic mass is 32.2. The number of aryl methyl sites for hydroxylation is 1. The fourth-order valence-corrected chi connectivity index (χ4v) is 4.96. The Kier molecular flexibility index (Phi) is 6.75. The van der Waals surface area contributed by atoms with E-state index in [9.17, 15) is 18.0 Å². The van der Waals surface area contributed by atoms with Crippen molar-refractivity contribution in [1.29, 1.82) is 0 Å². The number of carbonyl (C=O) groups excluding carboxylic acids is 2. The van der Waals surface area contributed by atoms with Gasteiger partial charge in [0.05, 0.1) is 4.90 Å². The minimum absolute atomic E-state index is 0.125. The highest BCUT2D eigenvalue weighted by Gasteiger charge is 2.30. The van der Waals surface area contributed by atoms with Gasteiger partial charge in [-0.3, -0.25) is 9.59 Å². The zero-order valence-corrected chi connectivity index (χ0v) is 19.6. The molecule has 1 aliphatic heterocycles. The Morgan fingerprint density at radius 2 is 1.65 bits per heavy atom. The molecule has 1 aliphatic rings. The van der Waals surface area contributed by atoms with E-state index in [2.05, 4.69) is 10.1 Å². The number of ether oxygens (including phenoxy) is 1. The van der Waals surface area contributed by atoms with Crippen LogP contribution in [0.25, 0.3) is 11.4 Å². The molecule has 0 unspecified atom stereocenters. The van der Waals surface area contributed by atoms with E-state index in [1.807, 2.05) is 0 Å². The van der Waals surface area contributed by atoms with Crippen molar-refractivity contribution in [2.45, 2.75) is 18.7 Å². The number of amides is 1. The third-order valence-corrected chi connectivity index (χ3v) is 7.41. The highest BCUT2D eigenvalue weighted by molar-refractivity contribution is 7.89. The second-order valence-corrected chi connectivity index (χ2v) is 9.75. The van der Waals surface area contributed by atoms with Gasteiger partial charge in [-0.1, -0.05) is 17.3 Å². The van der Waals surface area contributed by atoms with Crippen molar-refractivity contribution in [3.05, 3.63) is 60.0 Å². The lowest BCUT2D eigenvalue weighted by molar-refractivity contribution is -0.134. The van der Waals surface area contributed by atoms with Crippen LogP contribution in [0.2, 0.25) is 0 Å². The third kappa shape index (κ3) is 5.15. The summed E-state index contributed by atoms with van der Waals surface area (Å²) in [6, 6.07) is 12.9. The summed E-state index contributed by atoms with van der Waals surface area (Å²) in [4.78, 5) is 29.8. The summed E-state index contributed by atoms with van der Waals surface area (Å²) in [6.45, 7) is 3.88. The lowest BCUT2D eigenvalue weighted by Gasteiger charge is -2.34. The maximum Gasteiger partial charge on any atom is 0.260 e. The Hall–Kier alpha value is -3.57. The van der Waals surface area contributed by atoms with Crippen LogP contribution in [0.15, 0.2) is 57.9 Å². The number of hydrogen-bond donors (Lipinski definition) is 0. The minimum atomic E-state index is -3.70. The van der Waals surface area contributed by atoms with Gasteiger partial charge in [-0.25, -0.2) is 8.42 Å². The molecule has 10 nitrogen and oxygen atoms in total. The van der Waals surface area contributed by atoms with Crippen LogP contribution in [0.5, 0.6) is 5.75 Å². The smallest absolute Gasteiger partial charge is 0.260 e. The number of rotatable bonds is 7. The van der Waals surface area contributed by atoms with Gasteiger partial charge in [0, 0.05) is 44.2 Å². The first-order valence-corrected chi connectivity index (χ1v) is 12.1. The summed E-state index contributed by atoms with van der Waals surface area (Å²) in [5.74, 6) is 1.12. The van der Waals surface area contributed by atoms with Gasteiger partial charge in [0.15, 0.2) is 12.4 Å². The maximum absolute atomic E-state index is 12.9. The fourth-order valence-electron chi connectivity index (χ4n) is 3.54. The molecule has 0 atom stereocenters. The quantitative estimate of drug-likeness (QED) is 0.468. The second kappa shape index (κ2) is 9.74. The van der Waals surface area contributed by atoms with Gasteiger partial charge in [0.2, 0.25) is 21.7 Å². The molecule has 0 saturated carbocycles. The number of ketones is 1. The lowest BCUT2D eigenvalue weighted by atomic mass is 10.2. The molecule has 2 heterocycles. The first kappa shape index (κ1) is 23.6. The maximum atomic E-state index is 12.9. The van der Waals surface area contributed by atoms with Crippen LogP contribution < -0.4 is 4.74 Å². The predicted molar refractivity (Wildman–Crippen MR) is 122 cm³/mol. The predicted octanol–water partition coefficient (Wildman–Crippen LogP) is 2.16. The molecule has 178 valence electrons. The summed E-state index contributed by atoms with van der Waals surface area (Å²) in [5.41, 5.74) is 1.22. The molecule has 2 aromatic carbocycles. The topological polar surface area (TPSA) is 123 Å². The van der Waals surface area contributed by atoms with E-state index in [0.717, 1.165) is 5.56 Å². The Bertz CT molecular complexity index is 1280. The van der Waals surface area contributed by atoms with Crippen LogP contribution in [0, 0.1) is 6.92 Å². The number of carbonyl (C=O) groups is 2. The summed E-state index contributed by atoms with van der Waals surface area (Å²) in [7, 11) is -3.70. The van der Waals surface area contributed by atoms with Gasteiger partial charge < -0.3 is 14.2 Å². The van der Waals surface area contributed by atoms with Crippen LogP contribution >= 0.6 is 0 Å². The molecule has 0 bridgehead atoms. The standard InChI is InChI=1S/C23H24N4O6S/c1-16(28)18-5-9-21(10-6-18)34(30,31)27-13-11-26(12-14-27)22(29)15-32-20-7-3-19(4-8-20)23-24-17(2)33-25-23/h3-10H,11-15H2,1-2H3. The van der Waals surface area contributed by atoms with Crippen LogP contribution in [0.3, 0.4) is 0 Å². The normalized spacial score (nSPS) is 14.7. The van der Waals surface area contributed by atoms with Gasteiger partial charge in [0.25, 0.3) is 5.91 Å². The zero-order valence-electron chi connectivity index (χ0n) is 18.8. The van der Waals surface area contributed by atoms with E-state index in [0.29, 0.717) is 23.0 Å². The molecule has 1 saturated heterocycles. The largest absolute Gasteiger partial charge is 0.484 e. The van der Waals surface area contributed by atoms with Crippen molar-refractivity contribution in [3.63, 3.8) is 0 Å². The molecule has 1 fully saturated rings. The molecule has 0 radical (unpaired) electrons. The van der Waals surface area contributed by atoms with E-state index >= 15 is 0 Å². The van der Waals surface area contributed by atoms with Crippen molar-refractivity contribution in [2.24, 2.45) is 0 Å². The van der Waals surface area contributed by atoms with Gasteiger partial charge in [-0.05, 0) is 43.3 Å². The van der Waals surface area contributed by atoms with Gasteiger partial charge in [-0.2, -0.15) is 9.29 Å². The number of Topliss-reactive ketones (excluding diaryl/α,β-unsaturated/α-hetero) is 1. The molecule has 1 aromatic heterocycles. The number of benzene rings is 2. The average Bonchev–Trinajstić information content (AvgIpc) is 3.29. The number of hydrogen-bond acceptors (Lipinski definition) is 8. The Balaban J connectivity index is 1.29. The van der Waals surface area contributed by atoms with Gasteiger partial charge in [0.1, 0.15) is 5.75 Å². The van der Waals surface area contributed by atoms with E-state index < -0.39 is 10.0 Å². The van der Waals surface area contributed by atoms with Crippen LogP contribution in [0.1, 0.15) is 23.2 Å². The molecule has 0 aliphatic carbocycles. The molecule has 1 amide bonds. The van der Waals surface area contributed by atoms with Crippen molar-refractivity contribution >= 4 is 21.7 Å². The molecule has 0 spiro atoms. The van der Waals surface area contributed by atoms with Crippen molar-refractivity contribution < 1.29 is 27.3 Å². The van der Waals surface area contributed by atoms with Crippen molar-refractivity contribution in [2.75, 3.05) is 32.8 Å². The van der Waals surface area contributed by atoms with Crippen LogP contribution in [-0.2, 0) is 14.8 Å². The minimum Gasteiger partial charge on any atom is -0.484 e. The van der Waals surface area contributed by atoms with Crippen molar-refractivity contribution in [1.82, 2.24) is 19.3 Å². The van der Waals surface area contributed by atoms with E-state index in [1.54, 1.807) is 36.1 Å². The Morgan fingerprint density at radius 3 is 2.21 bits per heavy atom. The average molecular weight is 485 g/mol. The number of nitrogens with zero attached hydrogens (tertiary/aromatic N) is 4. The SMILES string of the molecule is CC(=O)c1ccc(S(=O)(=O)N2CCN(C(=O)COc3ccc(-c4noc(C)n4)cc3)CC2)cc1.